The molecule has 43 heavy (non-hydrogen) atoms. The van der Waals surface area contributed by atoms with Gasteiger partial charge < -0.3 is 10.2 Å². The maximum atomic E-state index is 13.9. The third kappa shape index (κ3) is 7.04. The van der Waals surface area contributed by atoms with E-state index in [9.17, 15) is 9.59 Å². The lowest BCUT2D eigenvalue weighted by Gasteiger charge is -2.39. The number of aryl methyl sites for hydroxylation is 2. The van der Waals surface area contributed by atoms with Gasteiger partial charge in [0.2, 0.25) is 5.91 Å². The molecule has 2 saturated carbocycles. The van der Waals surface area contributed by atoms with Crippen molar-refractivity contribution < 1.29 is 9.59 Å². The summed E-state index contributed by atoms with van der Waals surface area (Å²) in [6.45, 7) is 9.18. The summed E-state index contributed by atoms with van der Waals surface area (Å²) in [5, 5.41) is 4.24. The number of carbonyl (C=O) groups excluding carboxylic acids is 2. The number of carbonyl (C=O) groups is 2. The Bertz CT molecular complexity index is 1370. The van der Waals surface area contributed by atoms with Gasteiger partial charge in [0.1, 0.15) is 5.01 Å². The van der Waals surface area contributed by atoms with Crippen LogP contribution >= 0.6 is 11.3 Å². The van der Waals surface area contributed by atoms with Crippen LogP contribution in [0.2, 0.25) is 0 Å². The van der Waals surface area contributed by atoms with Crippen LogP contribution in [-0.4, -0.2) is 51.8 Å². The molecular weight excluding hydrogens is 552 g/mol. The van der Waals surface area contributed by atoms with Crippen molar-refractivity contribution in [1.82, 2.24) is 20.1 Å². The van der Waals surface area contributed by atoms with Gasteiger partial charge in [-0.15, -0.1) is 11.3 Å². The molecule has 1 unspecified atom stereocenters. The molecule has 3 aliphatic rings. The highest BCUT2D eigenvalue weighted by Crippen LogP contribution is 2.39. The first-order valence-corrected chi connectivity index (χ1v) is 17.1. The molecule has 0 radical (unpaired) electrons. The minimum atomic E-state index is -0.0916. The van der Waals surface area contributed by atoms with Gasteiger partial charge in [-0.25, -0.2) is 4.98 Å². The number of nitrogens with one attached hydrogen (secondary N) is 1. The molecule has 3 atom stereocenters. The molecule has 0 spiro atoms. The first-order chi connectivity index (χ1) is 20.9. The van der Waals surface area contributed by atoms with Gasteiger partial charge in [0.25, 0.3) is 5.91 Å². The van der Waals surface area contributed by atoms with E-state index in [0.29, 0.717) is 12.1 Å². The summed E-state index contributed by atoms with van der Waals surface area (Å²) in [6, 6.07) is 19.6. The van der Waals surface area contributed by atoms with Crippen molar-refractivity contribution >= 4 is 23.2 Å². The van der Waals surface area contributed by atoms with Crippen LogP contribution in [0.15, 0.2) is 54.6 Å². The third-order valence-electron chi connectivity index (χ3n) is 9.84. The van der Waals surface area contributed by atoms with E-state index in [4.69, 9.17) is 0 Å². The average molecular weight is 599 g/mol. The molecule has 228 valence electrons. The van der Waals surface area contributed by atoms with Gasteiger partial charge in [-0.05, 0) is 88.5 Å². The van der Waals surface area contributed by atoms with Crippen molar-refractivity contribution in [2.24, 2.45) is 5.92 Å². The van der Waals surface area contributed by atoms with Gasteiger partial charge in [-0.2, -0.15) is 0 Å². The van der Waals surface area contributed by atoms with Crippen LogP contribution in [0.5, 0.6) is 0 Å². The first kappa shape index (κ1) is 30.0. The highest BCUT2D eigenvalue weighted by Gasteiger charge is 2.39. The number of aromatic nitrogens is 1. The second kappa shape index (κ2) is 13.3. The summed E-state index contributed by atoms with van der Waals surface area (Å²) < 4.78 is 0. The zero-order chi connectivity index (χ0) is 29.9. The molecule has 2 aliphatic carbocycles. The Morgan fingerprint density at radius 3 is 2.26 bits per heavy atom. The molecule has 3 aromatic rings. The Morgan fingerprint density at radius 2 is 1.60 bits per heavy atom. The second-order valence-electron chi connectivity index (χ2n) is 13.0. The minimum Gasteiger partial charge on any atom is -0.347 e. The average Bonchev–Trinajstić information content (AvgIpc) is 3.81. The fourth-order valence-corrected chi connectivity index (χ4v) is 8.04. The van der Waals surface area contributed by atoms with Crippen molar-refractivity contribution in [3.63, 3.8) is 0 Å². The molecule has 7 heteroatoms. The van der Waals surface area contributed by atoms with E-state index in [-0.39, 0.29) is 29.7 Å². The van der Waals surface area contributed by atoms with Crippen LogP contribution in [-0.2, 0) is 11.3 Å². The van der Waals surface area contributed by atoms with E-state index in [1.54, 1.807) is 11.3 Å². The molecule has 1 saturated heterocycles. The Hall–Kier alpha value is -3.03. The summed E-state index contributed by atoms with van der Waals surface area (Å²) >= 11 is 1.67. The maximum Gasteiger partial charge on any atom is 0.254 e. The standard InChI is InChI=1S/C36H46N4O2S/c1-24-26(3)43-35(38-24)25(2)37-34(41)33-12-8-7-11-32(33)28-13-15-29(16-14-28)36(42)40(30-17-18-30)31-19-21-39(22-20-31)23-27-9-5-4-6-10-27/h4-6,9-10,13-16,25,30-33H,7-8,11-12,17-23H2,1-3H3,(H,37,41)/t25?,32-,33+/m1/s1. The topological polar surface area (TPSA) is 65.5 Å². The Balaban J connectivity index is 1.09. The van der Waals surface area contributed by atoms with Crippen LogP contribution in [0.4, 0.5) is 0 Å². The molecule has 1 N–H and O–H groups in total. The summed E-state index contributed by atoms with van der Waals surface area (Å²) in [6.07, 6.45) is 8.42. The molecule has 0 bridgehead atoms. The highest BCUT2D eigenvalue weighted by molar-refractivity contribution is 7.11. The van der Waals surface area contributed by atoms with Crippen LogP contribution in [0.1, 0.15) is 107 Å². The number of hydrogen-bond acceptors (Lipinski definition) is 5. The normalized spacial score (nSPS) is 22.2. The van der Waals surface area contributed by atoms with Crippen LogP contribution in [0, 0.1) is 19.8 Å². The SMILES string of the molecule is Cc1nc(C(C)NC(=O)[C@H]2CCCC[C@@H]2c2ccc(C(=O)N(C3CC3)C3CCN(Cc4ccccc4)CC3)cc2)sc1C. The minimum absolute atomic E-state index is 0.0519. The molecule has 6 rings (SSSR count). The number of thiazole rings is 1. The smallest absolute Gasteiger partial charge is 0.254 e. The van der Waals surface area contributed by atoms with Gasteiger partial charge in [-0.1, -0.05) is 55.3 Å². The second-order valence-corrected chi connectivity index (χ2v) is 14.2. The predicted molar refractivity (Wildman–Crippen MR) is 173 cm³/mol. The lowest BCUT2D eigenvalue weighted by molar-refractivity contribution is -0.127. The van der Waals surface area contributed by atoms with Crippen LogP contribution < -0.4 is 5.32 Å². The zero-order valence-corrected chi connectivity index (χ0v) is 26.7. The number of benzene rings is 2. The summed E-state index contributed by atoms with van der Waals surface area (Å²) in [4.78, 5) is 38.0. The van der Waals surface area contributed by atoms with Crippen molar-refractivity contribution in [1.29, 1.82) is 0 Å². The van der Waals surface area contributed by atoms with Gasteiger partial charge in [0.05, 0.1) is 11.7 Å². The van der Waals surface area contributed by atoms with Gasteiger partial charge >= 0.3 is 0 Å². The van der Waals surface area contributed by atoms with Crippen molar-refractivity contribution in [2.45, 2.75) is 103 Å². The molecule has 2 amide bonds. The number of piperidine rings is 1. The van der Waals surface area contributed by atoms with Crippen LogP contribution in [0.3, 0.4) is 0 Å². The predicted octanol–water partition coefficient (Wildman–Crippen LogP) is 7.18. The van der Waals surface area contributed by atoms with E-state index in [1.165, 1.54) is 16.0 Å². The summed E-state index contributed by atoms with van der Waals surface area (Å²) in [7, 11) is 0. The molecule has 3 fully saturated rings. The monoisotopic (exact) mass is 598 g/mol. The Morgan fingerprint density at radius 1 is 0.930 bits per heavy atom. The maximum absolute atomic E-state index is 13.9. The van der Waals surface area contributed by atoms with Crippen molar-refractivity contribution in [3.8, 4) is 0 Å². The van der Waals surface area contributed by atoms with Gasteiger partial charge in [-0.3, -0.25) is 14.5 Å². The fraction of sp³-hybridized carbons (Fsp3) is 0.528. The Labute approximate surface area is 260 Å². The highest BCUT2D eigenvalue weighted by atomic mass is 32.1. The van der Waals surface area contributed by atoms with E-state index >= 15 is 0 Å². The summed E-state index contributed by atoms with van der Waals surface area (Å²) in [5.41, 5.74) is 4.35. The number of amides is 2. The fourth-order valence-electron chi connectivity index (χ4n) is 7.11. The van der Waals surface area contributed by atoms with E-state index in [0.717, 1.165) is 87.3 Å². The number of nitrogens with zero attached hydrogens (tertiary/aromatic N) is 3. The number of rotatable bonds is 9. The van der Waals surface area contributed by atoms with Crippen LogP contribution in [0.25, 0.3) is 0 Å². The molecule has 2 heterocycles. The first-order valence-electron chi connectivity index (χ1n) is 16.3. The van der Waals surface area contributed by atoms with Crippen molar-refractivity contribution in [2.75, 3.05) is 13.1 Å². The number of likely N-dealkylation sites (tertiary alicyclic amines) is 1. The molecule has 2 aromatic carbocycles. The van der Waals surface area contributed by atoms with E-state index in [2.05, 4.69) is 69.5 Å². The van der Waals surface area contributed by atoms with E-state index < -0.39 is 0 Å². The molecule has 1 aliphatic heterocycles. The lowest BCUT2D eigenvalue weighted by Crippen LogP contribution is -2.48. The molecule has 6 nitrogen and oxygen atoms in total. The zero-order valence-electron chi connectivity index (χ0n) is 25.9. The van der Waals surface area contributed by atoms with Gasteiger partial charge in [0, 0.05) is 48.1 Å². The van der Waals surface area contributed by atoms with E-state index in [1.807, 2.05) is 26.0 Å². The molecule has 1 aromatic heterocycles. The third-order valence-corrected chi connectivity index (χ3v) is 11.1. The quantitative estimate of drug-likeness (QED) is 0.283. The lowest BCUT2D eigenvalue weighted by atomic mass is 9.75. The van der Waals surface area contributed by atoms with Crippen molar-refractivity contribution in [3.05, 3.63) is 86.9 Å². The molecular formula is C36H46N4O2S. The largest absolute Gasteiger partial charge is 0.347 e. The number of hydrogen-bond donors (Lipinski definition) is 1. The summed E-state index contributed by atoms with van der Waals surface area (Å²) in [5.74, 6) is 0.431. The van der Waals surface area contributed by atoms with Gasteiger partial charge in [0.15, 0.2) is 0 Å². The Kier molecular flexibility index (Phi) is 9.29.